The molecule has 128 valence electrons. The van der Waals surface area contributed by atoms with Crippen molar-refractivity contribution in [1.82, 2.24) is 14.5 Å². The number of azo groups is 1. The molecule has 4 rings (SSSR count). The van der Waals surface area contributed by atoms with Crippen molar-refractivity contribution in [2.24, 2.45) is 10.2 Å². The third-order valence-electron chi connectivity index (χ3n) is 4.05. The summed E-state index contributed by atoms with van der Waals surface area (Å²) in [7, 11) is 0. The minimum Gasteiger partial charge on any atom is -0.493 e. The van der Waals surface area contributed by atoms with E-state index in [0.717, 1.165) is 10.9 Å². The number of nitrogens with zero attached hydrogens (tertiary/aromatic N) is 4. The van der Waals surface area contributed by atoms with Gasteiger partial charge in [-0.25, -0.2) is 4.98 Å². The Labute approximate surface area is 148 Å². The van der Waals surface area contributed by atoms with Crippen LogP contribution in [-0.4, -0.2) is 19.6 Å². The predicted octanol–water partition coefficient (Wildman–Crippen LogP) is 4.18. The van der Waals surface area contributed by atoms with E-state index >= 15 is 0 Å². The summed E-state index contributed by atoms with van der Waals surface area (Å²) >= 11 is 0. The number of aromatic hydroxyl groups is 1. The highest BCUT2D eigenvalue weighted by Gasteiger charge is 2.12. The second kappa shape index (κ2) is 6.29. The molecule has 2 N–H and O–H groups in total. The lowest BCUT2D eigenvalue weighted by molar-refractivity contribution is 0.459. The van der Waals surface area contributed by atoms with Gasteiger partial charge in [0, 0.05) is 11.9 Å². The number of rotatable bonds is 4. The molecule has 2 aromatic heterocycles. The van der Waals surface area contributed by atoms with Gasteiger partial charge in [-0.1, -0.05) is 36.4 Å². The Morgan fingerprint density at radius 2 is 1.85 bits per heavy atom. The van der Waals surface area contributed by atoms with Crippen LogP contribution in [-0.2, 0) is 6.54 Å². The molecule has 0 aliphatic carbocycles. The molecular weight excluding hydrogens is 330 g/mol. The standard InChI is InChI=1S/C19H15N5O2/c1-2-11-24-18(26)13-8-4-6-10-15(13)21-19(24)23-22-16-12-7-3-5-9-14(12)20-17(16)25/h2-10,20,25H,1,11H2. The molecule has 0 bridgehead atoms. The molecule has 4 aromatic rings. The Bertz CT molecular complexity index is 1220. The number of para-hydroxylation sites is 2. The van der Waals surface area contributed by atoms with Gasteiger partial charge in [0.2, 0.25) is 5.88 Å². The molecule has 0 saturated heterocycles. The van der Waals surface area contributed by atoms with Crippen LogP contribution in [0.5, 0.6) is 5.88 Å². The largest absolute Gasteiger partial charge is 0.493 e. The van der Waals surface area contributed by atoms with Crippen molar-refractivity contribution in [2.45, 2.75) is 6.54 Å². The smallest absolute Gasteiger partial charge is 0.263 e. The fraction of sp³-hybridized carbons (Fsp3) is 0.0526. The summed E-state index contributed by atoms with van der Waals surface area (Å²) in [5.41, 5.74) is 1.37. The van der Waals surface area contributed by atoms with E-state index in [4.69, 9.17) is 0 Å². The summed E-state index contributed by atoms with van der Waals surface area (Å²) in [6, 6.07) is 14.4. The molecule has 0 unspecified atom stereocenters. The fourth-order valence-electron chi connectivity index (χ4n) is 2.84. The van der Waals surface area contributed by atoms with Crippen LogP contribution in [0.15, 0.2) is 76.2 Å². The maximum atomic E-state index is 12.7. The van der Waals surface area contributed by atoms with Crippen LogP contribution in [0.3, 0.4) is 0 Å². The van der Waals surface area contributed by atoms with Crippen LogP contribution in [0.4, 0.5) is 11.6 Å². The molecule has 7 heteroatoms. The molecule has 0 fully saturated rings. The minimum atomic E-state index is -0.215. The van der Waals surface area contributed by atoms with Gasteiger partial charge in [-0.3, -0.25) is 9.36 Å². The molecule has 26 heavy (non-hydrogen) atoms. The molecule has 0 aliphatic rings. The lowest BCUT2D eigenvalue weighted by atomic mass is 10.2. The van der Waals surface area contributed by atoms with Crippen LogP contribution in [0, 0.1) is 0 Å². The molecule has 0 aliphatic heterocycles. The van der Waals surface area contributed by atoms with Crippen molar-refractivity contribution in [3.63, 3.8) is 0 Å². The zero-order valence-electron chi connectivity index (χ0n) is 13.8. The van der Waals surface area contributed by atoms with Gasteiger partial charge in [-0.05, 0) is 18.2 Å². The van der Waals surface area contributed by atoms with Gasteiger partial charge >= 0.3 is 0 Å². The Kier molecular flexibility index (Phi) is 3.81. The van der Waals surface area contributed by atoms with Crippen LogP contribution >= 0.6 is 0 Å². The van der Waals surface area contributed by atoms with Gasteiger partial charge in [-0.15, -0.1) is 16.8 Å². The first-order valence-electron chi connectivity index (χ1n) is 8.01. The fourth-order valence-corrected chi connectivity index (χ4v) is 2.84. The van der Waals surface area contributed by atoms with Gasteiger partial charge in [-0.2, -0.15) is 0 Å². The van der Waals surface area contributed by atoms with E-state index in [9.17, 15) is 9.90 Å². The predicted molar refractivity (Wildman–Crippen MR) is 100 cm³/mol. The third kappa shape index (κ3) is 2.55. The highest BCUT2D eigenvalue weighted by atomic mass is 16.3. The van der Waals surface area contributed by atoms with Gasteiger partial charge in [0.1, 0.15) is 0 Å². The summed E-state index contributed by atoms with van der Waals surface area (Å²) in [6.45, 7) is 3.93. The molecule has 0 spiro atoms. The quantitative estimate of drug-likeness (QED) is 0.429. The highest BCUT2D eigenvalue weighted by molar-refractivity contribution is 5.94. The summed E-state index contributed by atoms with van der Waals surface area (Å²) in [5.74, 6) is 0.0617. The minimum absolute atomic E-state index is 0.0895. The number of aromatic nitrogens is 3. The van der Waals surface area contributed by atoms with Crippen LogP contribution in [0.1, 0.15) is 0 Å². The van der Waals surface area contributed by atoms with E-state index in [1.165, 1.54) is 4.57 Å². The number of fused-ring (bicyclic) bond motifs is 2. The Morgan fingerprint density at radius 3 is 2.65 bits per heavy atom. The first-order valence-corrected chi connectivity index (χ1v) is 8.01. The van der Waals surface area contributed by atoms with E-state index in [1.54, 1.807) is 30.3 Å². The second-order valence-corrected chi connectivity index (χ2v) is 5.70. The summed E-state index contributed by atoms with van der Waals surface area (Å²) in [6.07, 6.45) is 1.60. The van der Waals surface area contributed by atoms with E-state index in [-0.39, 0.29) is 23.9 Å². The third-order valence-corrected chi connectivity index (χ3v) is 4.05. The molecule has 0 amide bonds. The van der Waals surface area contributed by atoms with Crippen molar-refractivity contribution in [2.75, 3.05) is 0 Å². The molecule has 0 saturated carbocycles. The highest BCUT2D eigenvalue weighted by Crippen LogP contribution is 2.35. The van der Waals surface area contributed by atoms with Crippen molar-refractivity contribution < 1.29 is 5.11 Å². The molecule has 7 nitrogen and oxygen atoms in total. The first kappa shape index (κ1) is 15.8. The number of aromatic amines is 1. The normalized spacial score (nSPS) is 11.5. The van der Waals surface area contributed by atoms with Gasteiger partial charge in [0.15, 0.2) is 5.69 Å². The lowest BCUT2D eigenvalue weighted by Gasteiger charge is -2.07. The molecule has 0 radical (unpaired) electrons. The van der Waals surface area contributed by atoms with Crippen molar-refractivity contribution in [3.8, 4) is 5.88 Å². The number of hydrogen-bond donors (Lipinski definition) is 2. The average Bonchev–Trinajstić information content (AvgIpc) is 2.98. The Hall–Kier alpha value is -3.74. The lowest BCUT2D eigenvalue weighted by Crippen LogP contribution is -2.20. The van der Waals surface area contributed by atoms with E-state index in [2.05, 4.69) is 26.8 Å². The first-order chi connectivity index (χ1) is 12.7. The summed E-state index contributed by atoms with van der Waals surface area (Å²) in [5, 5.41) is 19.6. The Balaban J connectivity index is 1.89. The van der Waals surface area contributed by atoms with Crippen LogP contribution in [0.2, 0.25) is 0 Å². The van der Waals surface area contributed by atoms with Crippen LogP contribution in [0.25, 0.3) is 21.8 Å². The summed E-state index contributed by atoms with van der Waals surface area (Å²) < 4.78 is 1.39. The van der Waals surface area contributed by atoms with Crippen molar-refractivity contribution in [3.05, 3.63) is 71.5 Å². The topological polar surface area (TPSA) is 95.6 Å². The second-order valence-electron chi connectivity index (χ2n) is 5.70. The van der Waals surface area contributed by atoms with Gasteiger partial charge in [0.25, 0.3) is 11.5 Å². The summed E-state index contributed by atoms with van der Waals surface area (Å²) in [4.78, 5) is 20.0. The zero-order chi connectivity index (χ0) is 18.1. The van der Waals surface area contributed by atoms with E-state index in [0.29, 0.717) is 16.6 Å². The van der Waals surface area contributed by atoms with Crippen molar-refractivity contribution >= 4 is 33.4 Å². The van der Waals surface area contributed by atoms with Crippen molar-refractivity contribution in [1.29, 1.82) is 0 Å². The number of hydrogen-bond acceptors (Lipinski definition) is 5. The maximum absolute atomic E-state index is 12.7. The number of nitrogens with one attached hydrogen (secondary N) is 1. The number of allylic oxidation sites excluding steroid dienone is 1. The molecule has 2 heterocycles. The Morgan fingerprint density at radius 1 is 1.12 bits per heavy atom. The van der Waals surface area contributed by atoms with E-state index in [1.807, 2.05) is 24.3 Å². The SMILES string of the molecule is C=CCn1c(N=Nc2c(O)[nH]c3ccccc23)nc2ccccc2c1=O. The number of benzene rings is 2. The maximum Gasteiger partial charge on any atom is 0.263 e. The number of H-pyrrole nitrogens is 1. The zero-order valence-corrected chi connectivity index (χ0v) is 13.8. The van der Waals surface area contributed by atoms with Crippen LogP contribution < -0.4 is 5.56 Å². The molecule has 2 aromatic carbocycles. The van der Waals surface area contributed by atoms with E-state index < -0.39 is 0 Å². The molecular formula is C19H15N5O2. The average molecular weight is 345 g/mol. The van der Waals surface area contributed by atoms with Gasteiger partial charge in [0.05, 0.1) is 16.4 Å². The van der Waals surface area contributed by atoms with Gasteiger partial charge < -0.3 is 10.1 Å². The molecule has 0 atom stereocenters. The monoisotopic (exact) mass is 345 g/mol.